The lowest BCUT2D eigenvalue weighted by Crippen LogP contribution is -2.03. The summed E-state index contributed by atoms with van der Waals surface area (Å²) < 4.78 is 6.74. The van der Waals surface area contributed by atoms with E-state index in [0.29, 0.717) is 18.1 Å². The molecule has 1 aromatic carbocycles. The van der Waals surface area contributed by atoms with Crippen LogP contribution in [0.2, 0.25) is 0 Å². The smallest absolute Gasteiger partial charge is 0.199 e. The Morgan fingerprint density at radius 2 is 1.91 bits per heavy atom. The van der Waals surface area contributed by atoms with Crippen molar-refractivity contribution in [3.63, 3.8) is 0 Å². The van der Waals surface area contributed by atoms with Crippen molar-refractivity contribution in [2.45, 2.75) is 6.54 Å². The van der Waals surface area contributed by atoms with Crippen LogP contribution in [0.25, 0.3) is 22.6 Å². The minimum Gasteiger partial charge on any atom is -0.379 e. The van der Waals surface area contributed by atoms with Gasteiger partial charge in [0.05, 0.1) is 11.7 Å². The lowest BCUT2D eigenvalue weighted by atomic mass is 10.2. The van der Waals surface area contributed by atoms with Crippen molar-refractivity contribution in [3.05, 3.63) is 54.4 Å². The summed E-state index contributed by atoms with van der Waals surface area (Å²) in [6.07, 6.45) is 3.45. The van der Waals surface area contributed by atoms with Crippen molar-refractivity contribution in [3.8, 4) is 11.5 Å². The first-order chi connectivity index (χ1) is 10.8. The summed E-state index contributed by atoms with van der Waals surface area (Å²) in [6, 6.07) is 12.0. The van der Waals surface area contributed by atoms with Gasteiger partial charge in [0, 0.05) is 12.7 Å². The van der Waals surface area contributed by atoms with Gasteiger partial charge in [-0.25, -0.2) is 9.61 Å². The van der Waals surface area contributed by atoms with Crippen LogP contribution >= 0.6 is 12.4 Å². The predicted octanol–water partition coefficient (Wildman–Crippen LogP) is 2.53. The quantitative estimate of drug-likeness (QED) is 0.621. The van der Waals surface area contributed by atoms with Crippen LogP contribution in [-0.2, 0) is 6.54 Å². The maximum absolute atomic E-state index is 5.82. The van der Waals surface area contributed by atoms with Gasteiger partial charge in [-0.3, -0.25) is 4.98 Å². The Labute approximate surface area is 137 Å². The summed E-state index contributed by atoms with van der Waals surface area (Å²) in [7, 11) is 0. The fourth-order valence-corrected chi connectivity index (χ4v) is 2.44. The largest absolute Gasteiger partial charge is 0.379 e. The third-order valence-corrected chi connectivity index (χ3v) is 3.46. The molecule has 0 aliphatic rings. The molecule has 23 heavy (non-hydrogen) atoms. The molecular weight excluding hydrogens is 316 g/mol. The molecule has 0 fully saturated rings. The lowest BCUT2D eigenvalue weighted by Gasteiger charge is -2.07. The highest BCUT2D eigenvalue weighted by Gasteiger charge is 2.19. The molecule has 4 aromatic rings. The monoisotopic (exact) mass is 328 g/mol. The van der Waals surface area contributed by atoms with Gasteiger partial charge in [-0.1, -0.05) is 30.3 Å². The maximum Gasteiger partial charge on any atom is 0.199 e. The van der Waals surface area contributed by atoms with Crippen molar-refractivity contribution in [1.29, 1.82) is 0 Å². The van der Waals surface area contributed by atoms with Crippen LogP contribution in [-0.4, -0.2) is 24.8 Å². The SMILES string of the molecule is Cl.Nc1nonc1-c1nc2cnccc2n1Cc1ccccc1. The maximum atomic E-state index is 5.82. The third kappa shape index (κ3) is 2.62. The van der Waals surface area contributed by atoms with E-state index in [4.69, 9.17) is 10.4 Å². The molecule has 3 aromatic heterocycles. The Kier molecular flexibility index (Phi) is 3.94. The number of anilines is 1. The molecule has 7 nitrogen and oxygen atoms in total. The number of benzene rings is 1. The van der Waals surface area contributed by atoms with Gasteiger partial charge in [0.2, 0.25) is 0 Å². The molecular formula is C15H13ClN6O. The molecule has 0 spiro atoms. The first kappa shape index (κ1) is 15.0. The zero-order valence-electron chi connectivity index (χ0n) is 12.0. The summed E-state index contributed by atoms with van der Waals surface area (Å²) in [6.45, 7) is 0.642. The van der Waals surface area contributed by atoms with Gasteiger partial charge < -0.3 is 10.3 Å². The van der Waals surface area contributed by atoms with Gasteiger partial charge in [0.15, 0.2) is 17.3 Å². The van der Waals surface area contributed by atoms with Crippen LogP contribution in [0.5, 0.6) is 0 Å². The van der Waals surface area contributed by atoms with Gasteiger partial charge in [-0.2, -0.15) is 0 Å². The molecule has 0 aliphatic heterocycles. The Morgan fingerprint density at radius 3 is 2.65 bits per heavy atom. The van der Waals surface area contributed by atoms with E-state index < -0.39 is 0 Å². The second-order valence-corrected chi connectivity index (χ2v) is 4.87. The third-order valence-electron chi connectivity index (χ3n) is 3.46. The highest BCUT2D eigenvalue weighted by atomic mass is 35.5. The first-order valence-electron chi connectivity index (χ1n) is 6.75. The number of fused-ring (bicyclic) bond motifs is 1. The van der Waals surface area contributed by atoms with Gasteiger partial charge in [-0.05, 0) is 21.9 Å². The molecule has 0 bridgehead atoms. The van der Waals surface area contributed by atoms with Crippen molar-refractivity contribution in [2.75, 3.05) is 5.73 Å². The minimum atomic E-state index is 0. The highest BCUT2D eigenvalue weighted by molar-refractivity contribution is 5.85. The topological polar surface area (TPSA) is 95.7 Å². The molecule has 0 saturated carbocycles. The first-order valence-corrected chi connectivity index (χ1v) is 6.75. The zero-order valence-corrected chi connectivity index (χ0v) is 12.8. The van der Waals surface area contributed by atoms with Gasteiger partial charge in [0.1, 0.15) is 5.52 Å². The van der Waals surface area contributed by atoms with Crippen LogP contribution in [0.15, 0.2) is 53.4 Å². The van der Waals surface area contributed by atoms with E-state index in [1.807, 2.05) is 28.8 Å². The number of nitrogen functional groups attached to an aromatic ring is 1. The number of halogens is 1. The van der Waals surface area contributed by atoms with Gasteiger partial charge in [-0.15, -0.1) is 12.4 Å². The van der Waals surface area contributed by atoms with Crippen LogP contribution in [0.4, 0.5) is 5.82 Å². The van der Waals surface area contributed by atoms with Crippen molar-refractivity contribution < 1.29 is 4.63 Å². The average molecular weight is 329 g/mol. The molecule has 0 unspecified atom stereocenters. The Hall–Kier alpha value is -2.93. The molecule has 116 valence electrons. The Morgan fingerprint density at radius 1 is 1.09 bits per heavy atom. The number of rotatable bonds is 3. The second kappa shape index (κ2) is 6.05. The normalized spacial score (nSPS) is 10.6. The van der Waals surface area contributed by atoms with Crippen LogP contribution in [0.1, 0.15) is 5.56 Å². The number of nitrogens with two attached hydrogens (primary N) is 1. The molecule has 0 aliphatic carbocycles. The number of hydrogen-bond acceptors (Lipinski definition) is 6. The van der Waals surface area contributed by atoms with E-state index >= 15 is 0 Å². The highest BCUT2D eigenvalue weighted by Crippen LogP contribution is 2.26. The molecule has 4 rings (SSSR count). The second-order valence-electron chi connectivity index (χ2n) is 4.87. The zero-order chi connectivity index (χ0) is 14.9. The molecule has 2 N–H and O–H groups in total. The lowest BCUT2D eigenvalue weighted by molar-refractivity contribution is 0.310. The van der Waals surface area contributed by atoms with Crippen LogP contribution < -0.4 is 5.73 Å². The molecule has 0 radical (unpaired) electrons. The van der Waals surface area contributed by atoms with Crippen molar-refractivity contribution in [1.82, 2.24) is 24.8 Å². The summed E-state index contributed by atoms with van der Waals surface area (Å²) in [5.41, 5.74) is 9.13. The average Bonchev–Trinajstić information content (AvgIpc) is 3.12. The van der Waals surface area contributed by atoms with Crippen molar-refractivity contribution in [2.24, 2.45) is 0 Å². The number of nitrogens with zero attached hydrogens (tertiary/aromatic N) is 5. The van der Waals surface area contributed by atoms with E-state index in [1.165, 1.54) is 0 Å². The number of aromatic nitrogens is 5. The standard InChI is InChI=1S/C15H12N6O.ClH/c16-14-13(19-22-20-14)15-18-11-8-17-7-6-12(11)21(15)9-10-4-2-1-3-5-10;/h1-8H,9H2,(H2,16,20);1H. The summed E-state index contributed by atoms with van der Waals surface area (Å²) in [5, 5.41) is 7.50. The molecule has 0 amide bonds. The van der Waals surface area contributed by atoms with E-state index in [9.17, 15) is 0 Å². The molecule has 0 saturated heterocycles. The fraction of sp³-hybridized carbons (Fsp3) is 0.0667. The van der Waals surface area contributed by atoms with Gasteiger partial charge in [0.25, 0.3) is 0 Å². The summed E-state index contributed by atoms with van der Waals surface area (Å²) >= 11 is 0. The fourth-order valence-electron chi connectivity index (χ4n) is 2.44. The molecule has 8 heteroatoms. The number of hydrogen-bond donors (Lipinski definition) is 1. The predicted molar refractivity (Wildman–Crippen MR) is 88.0 cm³/mol. The van der Waals surface area contributed by atoms with Gasteiger partial charge >= 0.3 is 0 Å². The van der Waals surface area contributed by atoms with E-state index in [-0.39, 0.29) is 18.2 Å². The van der Waals surface area contributed by atoms with Crippen molar-refractivity contribution >= 4 is 29.3 Å². The molecule has 0 atom stereocenters. The van der Waals surface area contributed by atoms with Crippen LogP contribution in [0, 0.1) is 0 Å². The van der Waals surface area contributed by atoms with E-state index in [1.54, 1.807) is 12.4 Å². The minimum absolute atomic E-state index is 0. The summed E-state index contributed by atoms with van der Waals surface area (Å²) in [4.78, 5) is 8.68. The number of imidazole rings is 1. The number of pyridine rings is 1. The Bertz CT molecular complexity index is 933. The van der Waals surface area contributed by atoms with Crippen LogP contribution in [0.3, 0.4) is 0 Å². The summed E-state index contributed by atoms with van der Waals surface area (Å²) in [5.74, 6) is 0.836. The van der Waals surface area contributed by atoms with E-state index in [0.717, 1.165) is 16.6 Å². The van der Waals surface area contributed by atoms with E-state index in [2.05, 4.69) is 32.4 Å². The Balaban J connectivity index is 0.00000156. The molecule has 3 heterocycles.